The van der Waals surface area contributed by atoms with Gasteiger partial charge >= 0.3 is 0 Å². The molecule has 0 aliphatic rings. The molecule has 1 N–H and O–H groups in total. The Morgan fingerprint density at radius 1 is 1.06 bits per heavy atom. The Hall–Kier alpha value is -4.24. The van der Waals surface area contributed by atoms with Crippen LogP contribution in [-0.2, 0) is 10.2 Å². The van der Waals surface area contributed by atoms with E-state index in [0.29, 0.717) is 11.3 Å². The number of benzene rings is 1. The number of carbonyl (C=O) groups is 2. The highest BCUT2D eigenvalue weighted by molar-refractivity contribution is 6.47. The van der Waals surface area contributed by atoms with Crippen molar-refractivity contribution in [2.24, 2.45) is 0 Å². The van der Waals surface area contributed by atoms with Gasteiger partial charge in [0.2, 0.25) is 0 Å². The number of nitrogens with zero attached hydrogens (tertiary/aromatic N) is 3. The highest BCUT2D eigenvalue weighted by Crippen LogP contribution is 2.28. The van der Waals surface area contributed by atoms with Gasteiger partial charge in [-0.15, -0.1) is 0 Å². The third kappa shape index (κ3) is 3.81. The number of hydrogen-bond donors (Lipinski definition) is 1. The van der Waals surface area contributed by atoms with E-state index in [1.54, 1.807) is 53.3 Å². The molecule has 0 atom stereocenters. The monoisotopic (exact) mass is 408 g/mol. The van der Waals surface area contributed by atoms with Crippen LogP contribution in [0.15, 0.2) is 79.3 Å². The second kappa shape index (κ2) is 7.88. The Bertz CT molecular complexity index is 1310. The number of nitriles is 1. The first-order chi connectivity index (χ1) is 14.9. The molecule has 3 heterocycles. The molecule has 0 saturated carbocycles. The van der Waals surface area contributed by atoms with Gasteiger partial charge < -0.3 is 9.72 Å². The summed E-state index contributed by atoms with van der Waals surface area (Å²) in [6.07, 6.45) is 5.08. The number of anilines is 1. The Labute approximate surface area is 179 Å². The standard InChI is InChI=1S/C25H20N4O2/c1-25(2,16-26)18-8-10-19(11-9-18)28-24(31)23(30)22-21(17-6-5-12-27-15-17)14-20-7-3-4-13-29(20)22/h3-15H,1-2H3,(H,28,31). The van der Waals surface area contributed by atoms with Gasteiger partial charge in [-0.05, 0) is 55.8 Å². The average molecular weight is 408 g/mol. The summed E-state index contributed by atoms with van der Waals surface area (Å²) in [4.78, 5) is 30.2. The molecule has 6 heteroatoms. The maximum atomic E-state index is 13.2. The smallest absolute Gasteiger partial charge is 0.298 e. The fourth-order valence-corrected chi connectivity index (χ4v) is 3.43. The maximum absolute atomic E-state index is 13.2. The molecular weight excluding hydrogens is 388 g/mol. The largest absolute Gasteiger partial charge is 0.319 e. The van der Waals surface area contributed by atoms with Gasteiger partial charge in [0.25, 0.3) is 11.7 Å². The van der Waals surface area contributed by atoms with Crippen LogP contribution in [0.25, 0.3) is 16.6 Å². The van der Waals surface area contributed by atoms with E-state index in [1.165, 1.54) is 0 Å². The number of ketones is 1. The van der Waals surface area contributed by atoms with Gasteiger partial charge in [0.1, 0.15) is 5.69 Å². The van der Waals surface area contributed by atoms with E-state index in [-0.39, 0.29) is 5.69 Å². The number of carbonyl (C=O) groups excluding carboxylic acids is 2. The number of amides is 1. The lowest BCUT2D eigenvalue weighted by Gasteiger charge is -2.16. The van der Waals surface area contributed by atoms with E-state index < -0.39 is 17.1 Å². The SMILES string of the molecule is CC(C)(C#N)c1ccc(NC(=O)C(=O)c2c(-c3cccnc3)cc3ccccn23)cc1. The Morgan fingerprint density at radius 2 is 1.84 bits per heavy atom. The highest BCUT2D eigenvalue weighted by atomic mass is 16.2. The Kier molecular flexibility index (Phi) is 5.10. The molecule has 0 spiro atoms. The minimum atomic E-state index is -0.735. The first-order valence-corrected chi connectivity index (χ1v) is 9.79. The number of aromatic nitrogens is 2. The molecule has 0 radical (unpaired) electrons. The third-order valence-electron chi connectivity index (χ3n) is 5.22. The average Bonchev–Trinajstić information content (AvgIpc) is 3.19. The van der Waals surface area contributed by atoms with Gasteiger partial charge in [0.05, 0.1) is 11.5 Å². The van der Waals surface area contributed by atoms with Crippen LogP contribution in [0.3, 0.4) is 0 Å². The minimum Gasteiger partial charge on any atom is -0.319 e. The molecule has 3 aromatic heterocycles. The van der Waals surface area contributed by atoms with Gasteiger partial charge in [-0.1, -0.05) is 24.3 Å². The van der Waals surface area contributed by atoms with E-state index in [1.807, 2.05) is 44.2 Å². The van der Waals surface area contributed by atoms with E-state index in [0.717, 1.165) is 16.6 Å². The van der Waals surface area contributed by atoms with Gasteiger partial charge in [0.15, 0.2) is 0 Å². The van der Waals surface area contributed by atoms with Crippen LogP contribution in [-0.4, -0.2) is 21.1 Å². The number of hydrogen-bond acceptors (Lipinski definition) is 4. The number of Topliss-reactive ketones (excluding diaryl/α,β-unsaturated/α-hetero) is 1. The lowest BCUT2D eigenvalue weighted by Crippen LogP contribution is -2.24. The quantitative estimate of drug-likeness (QED) is 0.385. The summed E-state index contributed by atoms with van der Waals surface area (Å²) in [5.41, 5.74) is 3.16. The fourth-order valence-electron chi connectivity index (χ4n) is 3.43. The van der Waals surface area contributed by atoms with Crippen LogP contribution in [0, 0.1) is 11.3 Å². The number of fused-ring (bicyclic) bond motifs is 1. The normalized spacial score (nSPS) is 11.1. The molecule has 4 aromatic rings. The van der Waals surface area contributed by atoms with Crippen LogP contribution in [0.4, 0.5) is 5.69 Å². The molecule has 6 nitrogen and oxygen atoms in total. The second-order valence-electron chi connectivity index (χ2n) is 7.74. The van der Waals surface area contributed by atoms with Crippen molar-refractivity contribution in [3.63, 3.8) is 0 Å². The zero-order valence-electron chi connectivity index (χ0n) is 17.2. The Morgan fingerprint density at radius 3 is 2.52 bits per heavy atom. The number of nitrogens with one attached hydrogen (secondary N) is 1. The van der Waals surface area contributed by atoms with Crippen LogP contribution in [0.2, 0.25) is 0 Å². The van der Waals surface area contributed by atoms with E-state index in [2.05, 4.69) is 16.4 Å². The second-order valence-corrected chi connectivity index (χ2v) is 7.74. The van der Waals surface area contributed by atoms with Crippen LogP contribution < -0.4 is 5.32 Å². The molecule has 152 valence electrons. The van der Waals surface area contributed by atoms with Gasteiger partial charge in [0, 0.05) is 40.9 Å². The summed E-state index contributed by atoms with van der Waals surface area (Å²) in [7, 11) is 0. The lowest BCUT2D eigenvalue weighted by molar-refractivity contribution is -0.112. The van der Waals surface area contributed by atoms with Crippen molar-refractivity contribution < 1.29 is 9.59 Å². The molecule has 0 bridgehead atoms. The summed E-state index contributed by atoms with van der Waals surface area (Å²) in [5, 5.41) is 11.9. The molecule has 0 fully saturated rings. The van der Waals surface area contributed by atoms with Crippen molar-refractivity contribution in [3.8, 4) is 17.2 Å². The molecule has 1 aromatic carbocycles. The molecule has 1 amide bonds. The Balaban J connectivity index is 1.67. The predicted molar refractivity (Wildman–Crippen MR) is 119 cm³/mol. The highest BCUT2D eigenvalue weighted by Gasteiger charge is 2.25. The minimum absolute atomic E-state index is 0.281. The molecule has 0 unspecified atom stereocenters. The zero-order valence-corrected chi connectivity index (χ0v) is 17.2. The summed E-state index contributed by atoms with van der Waals surface area (Å²) in [5.74, 6) is -1.38. The first-order valence-electron chi connectivity index (χ1n) is 9.79. The third-order valence-corrected chi connectivity index (χ3v) is 5.22. The predicted octanol–water partition coefficient (Wildman–Crippen LogP) is 4.62. The zero-order chi connectivity index (χ0) is 22.0. The van der Waals surface area contributed by atoms with Crippen LogP contribution in [0.1, 0.15) is 29.9 Å². The first kappa shape index (κ1) is 20.0. The van der Waals surface area contributed by atoms with Crippen molar-refractivity contribution >= 4 is 22.9 Å². The summed E-state index contributed by atoms with van der Waals surface area (Å²) < 4.78 is 1.71. The molecule has 4 rings (SSSR count). The van der Waals surface area contributed by atoms with Crippen molar-refractivity contribution in [1.29, 1.82) is 5.26 Å². The molecule has 0 aliphatic carbocycles. The topological polar surface area (TPSA) is 87.3 Å². The van der Waals surface area contributed by atoms with Crippen molar-refractivity contribution in [3.05, 3.63) is 90.5 Å². The molecule has 31 heavy (non-hydrogen) atoms. The fraction of sp³-hybridized carbons (Fsp3) is 0.120. The van der Waals surface area contributed by atoms with E-state index in [4.69, 9.17) is 0 Å². The summed E-state index contributed by atoms with van der Waals surface area (Å²) in [6.45, 7) is 3.64. The number of rotatable bonds is 5. The molecule has 0 aliphatic heterocycles. The lowest BCUT2D eigenvalue weighted by atomic mass is 9.86. The summed E-state index contributed by atoms with van der Waals surface area (Å²) >= 11 is 0. The van der Waals surface area contributed by atoms with E-state index in [9.17, 15) is 14.9 Å². The number of pyridine rings is 2. The van der Waals surface area contributed by atoms with E-state index >= 15 is 0 Å². The van der Waals surface area contributed by atoms with Crippen molar-refractivity contribution in [2.45, 2.75) is 19.3 Å². The van der Waals surface area contributed by atoms with Crippen LogP contribution in [0.5, 0.6) is 0 Å². The molecular formula is C25H20N4O2. The van der Waals surface area contributed by atoms with Crippen molar-refractivity contribution in [2.75, 3.05) is 5.32 Å². The van der Waals surface area contributed by atoms with Crippen molar-refractivity contribution in [1.82, 2.24) is 9.38 Å². The molecule has 0 saturated heterocycles. The van der Waals surface area contributed by atoms with Crippen LogP contribution >= 0.6 is 0 Å². The summed E-state index contributed by atoms with van der Waals surface area (Å²) in [6, 6.07) is 20.3. The van der Waals surface area contributed by atoms with Gasteiger partial charge in [-0.3, -0.25) is 14.6 Å². The van der Waals surface area contributed by atoms with Gasteiger partial charge in [-0.25, -0.2) is 0 Å². The maximum Gasteiger partial charge on any atom is 0.298 e. The van der Waals surface area contributed by atoms with Gasteiger partial charge in [-0.2, -0.15) is 5.26 Å².